The number of hydrogen-bond acceptors (Lipinski definition) is 4. The lowest BCUT2D eigenvalue weighted by molar-refractivity contribution is 0.174. The molecule has 29 heavy (non-hydrogen) atoms. The highest BCUT2D eigenvalue weighted by atomic mass is 79.9. The molecule has 3 aromatic rings. The van der Waals surface area contributed by atoms with Crippen molar-refractivity contribution in [3.8, 4) is 11.5 Å². The lowest BCUT2D eigenvalue weighted by Gasteiger charge is -2.16. The van der Waals surface area contributed by atoms with Crippen LogP contribution in [-0.2, 0) is 13.2 Å². The molecule has 0 aliphatic heterocycles. The minimum atomic E-state index is -0.570. The Morgan fingerprint density at radius 1 is 1.03 bits per heavy atom. The summed E-state index contributed by atoms with van der Waals surface area (Å²) in [4.78, 5) is 0. The molecule has 152 valence electrons. The molecule has 4 nitrogen and oxygen atoms in total. The van der Waals surface area contributed by atoms with E-state index in [1.54, 1.807) is 19.2 Å². The monoisotopic (exact) mass is 459 g/mol. The highest BCUT2D eigenvalue weighted by molar-refractivity contribution is 9.10. The van der Waals surface area contributed by atoms with Gasteiger partial charge in [0, 0.05) is 13.1 Å². The number of benzene rings is 3. The second-order valence-corrected chi connectivity index (χ2v) is 7.44. The van der Waals surface area contributed by atoms with Gasteiger partial charge in [0.15, 0.2) is 11.5 Å². The third kappa shape index (κ3) is 6.03. The lowest BCUT2D eigenvalue weighted by Crippen LogP contribution is -2.21. The number of nitrogens with one attached hydrogen (secondary N) is 1. The van der Waals surface area contributed by atoms with E-state index in [-0.39, 0.29) is 5.82 Å². The van der Waals surface area contributed by atoms with Crippen LogP contribution >= 0.6 is 15.9 Å². The first-order chi connectivity index (χ1) is 14.1. The topological polar surface area (TPSA) is 50.7 Å². The van der Waals surface area contributed by atoms with Crippen LogP contribution in [0.3, 0.4) is 0 Å². The fourth-order valence-electron chi connectivity index (χ4n) is 2.90. The Morgan fingerprint density at radius 3 is 2.45 bits per heavy atom. The van der Waals surface area contributed by atoms with Crippen molar-refractivity contribution >= 4 is 15.9 Å². The third-order valence-corrected chi connectivity index (χ3v) is 5.03. The first kappa shape index (κ1) is 21.3. The van der Waals surface area contributed by atoms with E-state index in [4.69, 9.17) is 9.47 Å². The van der Waals surface area contributed by atoms with Crippen LogP contribution in [0, 0.1) is 5.82 Å². The van der Waals surface area contributed by atoms with Crippen LogP contribution in [0.25, 0.3) is 0 Å². The molecule has 0 heterocycles. The van der Waals surface area contributed by atoms with Crippen LogP contribution in [0.15, 0.2) is 71.2 Å². The summed E-state index contributed by atoms with van der Waals surface area (Å²) in [5, 5.41) is 13.5. The second kappa shape index (κ2) is 10.4. The Hall–Kier alpha value is -2.41. The van der Waals surface area contributed by atoms with Crippen molar-refractivity contribution in [2.75, 3.05) is 13.7 Å². The summed E-state index contributed by atoms with van der Waals surface area (Å²) in [6.07, 6.45) is -0.570. The quantitative estimate of drug-likeness (QED) is 0.472. The van der Waals surface area contributed by atoms with Crippen molar-refractivity contribution in [2.24, 2.45) is 0 Å². The van der Waals surface area contributed by atoms with Gasteiger partial charge < -0.3 is 19.9 Å². The standard InChI is InChI=1S/C23H23BrFNO3/c1-28-22-12-17(13-26-14-21(27)18-5-3-2-4-6-18)11-20(24)23(22)29-15-16-7-9-19(25)10-8-16/h2-12,21,26-27H,13-15H2,1H3/t21-/m1/s1. The summed E-state index contributed by atoms with van der Waals surface area (Å²) in [5.74, 6) is 0.911. The van der Waals surface area contributed by atoms with Gasteiger partial charge in [0.1, 0.15) is 12.4 Å². The molecule has 0 amide bonds. The van der Waals surface area contributed by atoms with Crippen molar-refractivity contribution in [1.29, 1.82) is 0 Å². The van der Waals surface area contributed by atoms with E-state index in [1.807, 2.05) is 42.5 Å². The fraction of sp³-hybridized carbons (Fsp3) is 0.217. The number of hydrogen-bond donors (Lipinski definition) is 2. The fourth-order valence-corrected chi connectivity index (χ4v) is 3.50. The highest BCUT2D eigenvalue weighted by Crippen LogP contribution is 2.37. The van der Waals surface area contributed by atoms with Crippen LogP contribution in [0.5, 0.6) is 11.5 Å². The van der Waals surface area contributed by atoms with E-state index in [0.29, 0.717) is 31.2 Å². The summed E-state index contributed by atoms with van der Waals surface area (Å²) < 4.78 is 25.2. The zero-order valence-electron chi connectivity index (χ0n) is 16.1. The van der Waals surface area contributed by atoms with E-state index in [0.717, 1.165) is 21.2 Å². The molecule has 0 aliphatic carbocycles. The molecule has 1 atom stereocenters. The second-order valence-electron chi connectivity index (χ2n) is 6.58. The molecule has 0 unspecified atom stereocenters. The van der Waals surface area contributed by atoms with E-state index in [1.165, 1.54) is 12.1 Å². The van der Waals surface area contributed by atoms with Gasteiger partial charge in [-0.2, -0.15) is 0 Å². The molecule has 0 aromatic heterocycles. The Labute approximate surface area is 178 Å². The molecule has 0 saturated heterocycles. The van der Waals surface area contributed by atoms with Gasteiger partial charge in [0.2, 0.25) is 0 Å². The van der Waals surface area contributed by atoms with E-state index >= 15 is 0 Å². The molecule has 0 aliphatic rings. The number of ether oxygens (including phenoxy) is 2. The number of aliphatic hydroxyl groups excluding tert-OH is 1. The average molecular weight is 460 g/mol. The van der Waals surface area contributed by atoms with E-state index in [9.17, 15) is 9.50 Å². The Morgan fingerprint density at radius 2 is 1.76 bits per heavy atom. The highest BCUT2D eigenvalue weighted by Gasteiger charge is 2.13. The van der Waals surface area contributed by atoms with Crippen molar-refractivity contribution in [3.05, 3.63) is 93.7 Å². The first-order valence-corrected chi connectivity index (χ1v) is 10.0. The molecule has 0 bridgehead atoms. The predicted octanol–water partition coefficient (Wildman–Crippen LogP) is 5.00. The van der Waals surface area contributed by atoms with Gasteiger partial charge in [-0.15, -0.1) is 0 Å². The maximum Gasteiger partial charge on any atom is 0.175 e. The molecular weight excluding hydrogens is 437 g/mol. The van der Waals surface area contributed by atoms with Crippen molar-refractivity contribution in [2.45, 2.75) is 19.3 Å². The summed E-state index contributed by atoms with van der Waals surface area (Å²) in [7, 11) is 1.59. The van der Waals surface area contributed by atoms with Gasteiger partial charge in [0.05, 0.1) is 17.7 Å². The zero-order chi connectivity index (χ0) is 20.6. The van der Waals surface area contributed by atoms with Crippen molar-refractivity contribution < 1.29 is 19.0 Å². The summed E-state index contributed by atoms with van der Waals surface area (Å²) in [6, 6.07) is 19.6. The van der Waals surface area contributed by atoms with Gasteiger partial charge in [-0.25, -0.2) is 4.39 Å². The van der Waals surface area contributed by atoms with Crippen LogP contribution in [-0.4, -0.2) is 18.8 Å². The number of aliphatic hydroxyl groups is 1. The van der Waals surface area contributed by atoms with Crippen LogP contribution in [0.1, 0.15) is 22.8 Å². The molecule has 0 fully saturated rings. The summed E-state index contributed by atoms with van der Waals surface area (Å²) in [6.45, 7) is 1.31. The number of rotatable bonds is 9. The minimum Gasteiger partial charge on any atom is -0.493 e. The Balaban J connectivity index is 1.60. The number of halogens is 2. The molecule has 6 heteroatoms. The summed E-state index contributed by atoms with van der Waals surface area (Å²) >= 11 is 3.54. The minimum absolute atomic E-state index is 0.276. The molecular formula is C23H23BrFNO3. The zero-order valence-corrected chi connectivity index (χ0v) is 17.7. The maximum atomic E-state index is 13.0. The Kier molecular flexibility index (Phi) is 7.63. The van der Waals surface area contributed by atoms with Gasteiger partial charge in [-0.05, 0) is 56.9 Å². The van der Waals surface area contributed by atoms with E-state index < -0.39 is 6.10 Å². The molecule has 0 spiro atoms. The lowest BCUT2D eigenvalue weighted by atomic mass is 10.1. The normalized spacial score (nSPS) is 11.9. The Bertz CT molecular complexity index is 919. The number of methoxy groups -OCH3 is 1. The molecule has 0 radical (unpaired) electrons. The van der Waals surface area contributed by atoms with Crippen molar-refractivity contribution in [3.63, 3.8) is 0 Å². The summed E-state index contributed by atoms with van der Waals surface area (Å²) in [5.41, 5.74) is 2.73. The predicted molar refractivity (Wildman–Crippen MR) is 115 cm³/mol. The van der Waals surface area contributed by atoms with Crippen molar-refractivity contribution in [1.82, 2.24) is 5.32 Å². The van der Waals surface area contributed by atoms with Crippen LogP contribution in [0.2, 0.25) is 0 Å². The molecule has 2 N–H and O–H groups in total. The SMILES string of the molecule is COc1cc(CNC[C@@H](O)c2ccccc2)cc(Br)c1OCc1ccc(F)cc1. The maximum absolute atomic E-state index is 13.0. The average Bonchev–Trinajstić information content (AvgIpc) is 2.74. The molecule has 3 rings (SSSR count). The van der Waals surface area contributed by atoms with E-state index in [2.05, 4.69) is 21.2 Å². The third-order valence-electron chi connectivity index (χ3n) is 4.44. The smallest absolute Gasteiger partial charge is 0.175 e. The molecule has 0 saturated carbocycles. The van der Waals surface area contributed by atoms with Gasteiger partial charge in [-0.1, -0.05) is 42.5 Å². The van der Waals surface area contributed by atoms with Gasteiger partial charge in [-0.3, -0.25) is 0 Å². The van der Waals surface area contributed by atoms with Crippen LogP contribution < -0.4 is 14.8 Å². The largest absolute Gasteiger partial charge is 0.493 e. The van der Waals surface area contributed by atoms with Gasteiger partial charge in [0.25, 0.3) is 0 Å². The van der Waals surface area contributed by atoms with Crippen LogP contribution in [0.4, 0.5) is 4.39 Å². The van der Waals surface area contributed by atoms with Gasteiger partial charge >= 0.3 is 0 Å². The molecule has 3 aromatic carbocycles. The first-order valence-electron chi connectivity index (χ1n) is 9.24.